The van der Waals surface area contributed by atoms with E-state index in [1.165, 1.54) is 96.3 Å². The molecule has 2 N–H and O–H groups in total. The van der Waals surface area contributed by atoms with Gasteiger partial charge in [-0.05, 0) is 19.3 Å². The predicted octanol–water partition coefficient (Wildman–Crippen LogP) is 6.67. The number of amides is 2. The zero-order valence-electron chi connectivity index (χ0n) is 25.9. The highest BCUT2D eigenvalue weighted by Gasteiger charge is 2.28. The number of hydrogen-bond donors (Lipinski definition) is 2. The van der Waals surface area contributed by atoms with Crippen molar-refractivity contribution in [2.45, 2.75) is 129 Å². The van der Waals surface area contributed by atoms with Crippen LogP contribution in [0.3, 0.4) is 0 Å². The van der Waals surface area contributed by atoms with Crippen LogP contribution >= 0.6 is 0 Å². The summed E-state index contributed by atoms with van der Waals surface area (Å²) in [7, 11) is 0. The van der Waals surface area contributed by atoms with Crippen molar-refractivity contribution in [3.05, 3.63) is 12.2 Å². The standard InChI is InChI=1S/C33H62N4O3/c1-2-3-4-5-6-7-8-9-10-11-12-13-14-15-16-19-25-37(30-38)32-21-18-17-20-31(32)29-40-33(39)35-24-28-36-26-22-34-23-27-36/h17-18,30-32,34H,2-16,19-29H2,1H3,(H,35,39). The summed E-state index contributed by atoms with van der Waals surface area (Å²) < 4.78 is 5.57. The smallest absolute Gasteiger partial charge is 0.407 e. The summed E-state index contributed by atoms with van der Waals surface area (Å²) in [6.45, 7) is 8.95. The first-order valence-corrected chi connectivity index (χ1v) is 16.9. The van der Waals surface area contributed by atoms with Gasteiger partial charge in [-0.3, -0.25) is 9.69 Å². The Hall–Kier alpha value is -1.60. The van der Waals surface area contributed by atoms with Crippen molar-refractivity contribution < 1.29 is 14.3 Å². The van der Waals surface area contributed by atoms with Gasteiger partial charge in [0, 0.05) is 57.8 Å². The van der Waals surface area contributed by atoms with Gasteiger partial charge in [0.05, 0.1) is 6.61 Å². The van der Waals surface area contributed by atoms with Crippen LogP contribution in [0, 0.1) is 5.92 Å². The molecule has 2 amide bonds. The average Bonchev–Trinajstić information content (AvgIpc) is 2.98. The molecule has 1 aliphatic heterocycles. The molecular formula is C33H62N4O3. The van der Waals surface area contributed by atoms with Crippen molar-refractivity contribution in [2.75, 3.05) is 52.4 Å². The molecule has 0 aromatic rings. The van der Waals surface area contributed by atoms with Crippen LogP contribution in [0.2, 0.25) is 0 Å². The van der Waals surface area contributed by atoms with Crippen molar-refractivity contribution in [3.63, 3.8) is 0 Å². The first kappa shape index (κ1) is 34.6. The van der Waals surface area contributed by atoms with Crippen molar-refractivity contribution in [1.82, 2.24) is 20.4 Å². The predicted molar refractivity (Wildman–Crippen MR) is 167 cm³/mol. The van der Waals surface area contributed by atoms with Gasteiger partial charge in [0.15, 0.2) is 0 Å². The van der Waals surface area contributed by atoms with Gasteiger partial charge in [0.25, 0.3) is 0 Å². The molecule has 2 atom stereocenters. The molecule has 0 aromatic heterocycles. The molecule has 0 spiro atoms. The molecule has 1 fully saturated rings. The summed E-state index contributed by atoms with van der Waals surface area (Å²) in [5, 5.41) is 6.23. The molecule has 2 unspecified atom stereocenters. The van der Waals surface area contributed by atoms with E-state index in [4.69, 9.17) is 4.74 Å². The fourth-order valence-corrected chi connectivity index (χ4v) is 6.07. The number of hydrogen-bond acceptors (Lipinski definition) is 5. The minimum absolute atomic E-state index is 0.118. The fraction of sp³-hybridized carbons (Fsp3) is 0.879. The van der Waals surface area contributed by atoms with Crippen LogP contribution < -0.4 is 10.6 Å². The second-order valence-corrected chi connectivity index (χ2v) is 12.0. The van der Waals surface area contributed by atoms with E-state index in [9.17, 15) is 9.59 Å². The second-order valence-electron chi connectivity index (χ2n) is 12.0. The Balaban J connectivity index is 1.47. The van der Waals surface area contributed by atoms with Crippen LogP contribution in [-0.2, 0) is 9.53 Å². The van der Waals surface area contributed by atoms with Crippen LogP contribution in [0.15, 0.2) is 12.2 Å². The molecule has 0 saturated carbocycles. The summed E-state index contributed by atoms with van der Waals surface area (Å²) >= 11 is 0. The molecule has 1 aliphatic carbocycles. The minimum atomic E-state index is -0.348. The number of nitrogens with zero attached hydrogens (tertiary/aromatic N) is 2. The lowest BCUT2D eigenvalue weighted by Crippen LogP contribution is -2.46. The highest BCUT2D eigenvalue weighted by atomic mass is 16.5. The lowest BCUT2D eigenvalue weighted by atomic mass is 9.88. The normalized spacial score (nSPS) is 19.4. The number of carbonyl (C=O) groups is 2. The SMILES string of the molecule is CCCCCCCCCCCCCCCCCCN(C=O)C1CC=CCC1COC(=O)NCCN1CCNCC1. The lowest BCUT2D eigenvalue weighted by Gasteiger charge is -2.35. The maximum absolute atomic E-state index is 12.2. The highest BCUT2D eigenvalue weighted by molar-refractivity contribution is 5.67. The minimum Gasteiger partial charge on any atom is -0.449 e. The molecule has 232 valence electrons. The molecule has 40 heavy (non-hydrogen) atoms. The van der Waals surface area contributed by atoms with E-state index in [1.54, 1.807) is 0 Å². The van der Waals surface area contributed by atoms with Gasteiger partial charge in [-0.15, -0.1) is 0 Å². The molecule has 0 aromatic carbocycles. The zero-order valence-corrected chi connectivity index (χ0v) is 25.9. The summed E-state index contributed by atoms with van der Waals surface area (Å²) in [5.74, 6) is 0.162. The molecule has 2 rings (SSSR count). The van der Waals surface area contributed by atoms with Crippen molar-refractivity contribution in [2.24, 2.45) is 5.92 Å². The van der Waals surface area contributed by atoms with Crippen molar-refractivity contribution in [3.8, 4) is 0 Å². The third-order valence-corrected chi connectivity index (χ3v) is 8.69. The molecular weight excluding hydrogens is 500 g/mol. The Morgan fingerprint density at radius 3 is 2.00 bits per heavy atom. The lowest BCUT2D eigenvalue weighted by molar-refractivity contribution is -0.121. The number of allylic oxidation sites excluding steroid dienone is 1. The Kier molecular flexibility index (Phi) is 20.8. The average molecular weight is 563 g/mol. The number of rotatable bonds is 24. The van der Waals surface area contributed by atoms with Crippen LogP contribution in [-0.4, -0.2) is 80.8 Å². The van der Waals surface area contributed by atoms with E-state index in [0.717, 1.165) is 64.9 Å². The Bertz CT molecular complexity index is 654. The molecule has 7 heteroatoms. The molecule has 1 saturated heterocycles. The number of alkyl carbamates (subject to hydrolysis) is 1. The summed E-state index contributed by atoms with van der Waals surface area (Å²) in [6, 6.07) is 0.118. The van der Waals surface area contributed by atoms with Gasteiger partial charge >= 0.3 is 6.09 Å². The van der Waals surface area contributed by atoms with Crippen LogP contribution in [0.5, 0.6) is 0 Å². The molecule has 1 heterocycles. The van der Waals surface area contributed by atoms with E-state index in [-0.39, 0.29) is 18.1 Å². The van der Waals surface area contributed by atoms with Gasteiger partial charge in [-0.25, -0.2) is 4.79 Å². The topological polar surface area (TPSA) is 73.9 Å². The summed E-state index contributed by atoms with van der Waals surface area (Å²) in [4.78, 5) is 28.5. The fourth-order valence-electron chi connectivity index (χ4n) is 6.07. The van der Waals surface area contributed by atoms with E-state index < -0.39 is 0 Å². The number of unbranched alkanes of at least 4 members (excludes halogenated alkanes) is 15. The largest absolute Gasteiger partial charge is 0.449 e. The number of carbonyl (C=O) groups excluding carboxylic acids is 2. The molecule has 7 nitrogen and oxygen atoms in total. The first-order valence-electron chi connectivity index (χ1n) is 16.9. The molecule has 0 radical (unpaired) electrons. The van der Waals surface area contributed by atoms with Gasteiger partial charge in [0.1, 0.15) is 0 Å². The van der Waals surface area contributed by atoms with Crippen LogP contribution in [0.4, 0.5) is 4.79 Å². The number of piperazine rings is 1. The van der Waals surface area contributed by atoms with E-state index in [0.29, 0.717) is 13.2 Å². The third kappa shape index (κ3) is 16.6. The molecule has 0 bridgehead atoms. The van der Waals surface area contributed by atoms with E-state index >= 15 is 0 Å². The number of ether oxygens (including phenoxy) is 1. The molecule has 2 aliphatic rings. The second kappa shape index (κ2) is 24.0. The van der Waals surface area contributed by atoms with E-state index in [2.05, 4.69) is 34.6 Å². The van der Waals surface area contributed by atoms with Gasteiger partial charge in [-0.1, -0.05) is 115 Å². The Morgan fingerprint density at radius 1 is 0.875 bits per heavy atom. The third-order valence-electron chi connectivity index (χ3n) is 8.69. The number of nitrogens with one attached hydrogen (secondary N) is 2. The zero-order chi connectivity index (χ0) is 28.5. The van der Waals surface area contributed by atoms with Gasteiger partial charge in [0.2, 0.25) is 6.41 Å². The monoisotopic (exact) mass is 562 g/mol. The van der Waals surface area contributed by atoms with Crippen molar-refractivity contribution in [1.29, 1.82) is 0 Å². The van der Waals surface area contributed by atoms with E-state index in [1.807, 2.05) is 4.90 Å². The first-order chi connectivity index (χ1) is 19.7. The Morgan fingerprint density at radius 2 is 1.43 bits per heavy atom. The summed E-state index contributed by atoms with van der Waals surface area (Å²) in [5.41, 5.74) is 0. The maximum Gasteiger partial charge on any atom is 0.407 e. The van der Waals surface area contributed by atoms with Gasteiger partial charge in [-0.2, -0.15) is 0 Å². The van der Waals surface area contributed by atoms with Crippen LogP contribution in [0.25, 0.3) is 0 Å². The summed E-state index contributed by atoms with van der Waals surface area (Å²) in [6.07, 6.45) is 28.3. The highest BCUT2D eigenvalue weighted by Crippen LogP contribution is 2.24. The van der Waals surface area contributed by atoms with Crippen LogP contribution in [0.1, 0.15) is 122 Å². The quantitative estimate of drug-likeness (QED) is 0.0781. The maximum atomic E-state index is 12.2. The Labute approximate surface area is 246 Å². The van der Waals surface area contributed by atoms with Gasteiger partial charge < -0.3 is 20.3 Å². The van der Waals surface area contributed by atoms with Crippen molar-refractivity contribution >= 4 is 12.5 Å².